The molecule has 0 aliphatic rings. The van der Waals surface area contributed by atoms with Crippen LogP contribution in [0.15, 0.2) is 0 Å². The SMILES string of the molecule is CNCC(CC=O)CC(C)C. The molecule has 0 bridgehead atoms. The number of carbonyl (C=O) groups excluding carboxylic acids is 1. The van der Waals surface area contributed by atoms with Crippen molar-refractivity contribution in [2.75, 3.05) is 13.6 Å². The molecule has 0 aliphatic carbocycles. The number of hydrogen-bond donors (Lipinski definition) is 1. The number of aldehydes is 1. The first-order chi connectivity index (χ1) is 5.20. The highest BCUT2D eigenvalue weighted by Gasteiger charge is 2.08. The minimum Gasteiger partial charge on any atom is -0.319 e. The average Bonchev–Trinajstić information content (AvgIpc) is 1.87. The Bertz CT molecular complexity index is 102. The van der Waals surface area contributed by atoms with Crippen molar-refractivity contribution in [3.63, 3.8) is 0 Å². The smallest absolute Gasteiger partial charge is 0.120 e. The predicted molar refractivity (Wildman–Crippen MR) is 47.6 cm³/mol. The molecule has 0 amide bonds. The lowest BCUT2D eigenvalue weighted by atomic mass is 9.95. The number of nitrogens with one attached hydrogen (secondary N) is 1. The van der Waals surface area contributed by atoms with Gasteiger partial charge in [0, 0.05) is 6.42 Å². The molecule has 0 saturated heterocycles. The lowest BCUT2D eigenvalue weighted by Crippen LogP contribution is -2.20. The van der Waals surface area contributed by atoms with Crippen molar-refractivity contribution in [1.29, 1.82) is 0 Å². The van der Waals surface area contributed by atoms with Gasteiger partial charge < -0.3 is 10.1 Å². The van der Waals surface area contributed by atoms with Gasteiger partial charge in [0.2, 0.25) is 0 Å². The van der Waals surface area contributed by atoms with E-state index in [1.165, 1.54) is 0 Å². The van der Waals surface area contributed by atoms with Crippen LogP contribution in [0.3, 0.4) is 0 Å². The molecule has 0 aromatic rings. The fourth-order valence-electron chi connectivity index (χ4n) is 1.35. The zero-order valence-corrected chi connectivity index (χ0v) is 7.76. The molecule has 0 spiro atoms. The Kier molecular flexibility index (Phi) is 6.13. The number of carbonyl (C=O) groups is 1. The first kappa shape index (κ1) is 10.6. The minimum absolute atomic E-state index is 0.525. The van der Waals surface area contributed by atoms with Gasteiger partial charge in [-0.2, -0.15) is 0 Å². The van der Waals surface area contributed by atoms with Gasteiger partial charge in [-0.25, -0.2) is 0 Å². The van der Waals surface area contributed by atoms with Gasteiger partial charge in [0.05, 0.1) is 0 Å². The molecule has 66 valence electrons. The summed E-state index contributed by atoms with van der Waals surface area (Å²) in [5.41, 5.74) is 0. The van der Waals surface area contributed by atoms with Crippen molar-refractivity contribution in [3.05, 3.63) is 0 Å². The van der Waals surface area contributed by atoms with Gasteiger partial charge in [-0.1, -0.05) is 13.8 Å². The molecule has 0 radical (unpaired) electrons. The molecule has 1 unspecified atom stereocenters. The lowest BCUT2D eigenvalue weighted by Gasteiger charge is -2.15. The first-order valence-electron chi connectivity index (χ1n) is 4.29. The quantitative estimate of drug-likeness (QED) is 0.591. The maximum atomic E-state index is 10.2. The second kappa shape index (κ2) is 6.35. The van der Waals surface area contributed by atoms with Crippen molar-refractivity contribution in [2.24, 2.45) is 11.8 Å². The molecule has 0 aromatic heterocycles. The Hall–Kier alpha value is -0.370. The van der Waals surface area contributed by atoms with Gasteiger partial charge in [-0.3, -0.25) is 0 Å². The summed E-state index contributed by atoms with van der Waals surface area (Å²) in [6.45, 7) is 5.33. The van der Waals surface area contributed by atoms with Crippen LogP contribution in [0.2, 0.25) is 0 Å². The third-order valence-corrected chi connectivity index (χ3v) is 1.73. The minimum atomic E-state index is 0.525. The fraction of sp³-hybridized carbons (Fsp3) is 0.889. The summed E-state index contributed by atoms with van der Waals surface area (Å²) in [5.74, 6) is 1.21. The largest absolute Gasteiger partial charge is 0.319 e. The van der Waals surface area contributed by atoms with Crippen molar-refractivity contribution in [1.82, 2.24) is 5.32 Å². The molecule has 0 aromatic carbocycles. The Morgan fingerprint density at radius 3 is 2.45 bits per heavy atom. The maximum absolute atomic E-state index is 10.2. The highest BCUT2D eigenvalue weighted by atomic mass is 16.1. The molecular weight excluding hydrogens is 138 g/mol. The molecule has 11 heavy (non-hydrogen) atoms. The van der Waals surface area contributed by atoms with E-state index in [2.05, 4.69) is 19.2 Å². The van der Waals surface area contributed by atoms with E-state index in [1.807, 2.05) is 7.05 Å². The normalized spacial score (nSPS) is 13.5. The maximum Gasteiger partial charge on any atom is 0.120 e. The third-order valence-electron chi connectivity index (χ3n) is 1.73. The molecule has 2 heteroatoms. The standard InChI is InChI=1S/C9H19NO/c1-8(2)6-9(4-5-11)7-10-3/h5,8-10H,4,6-7H2,1-3H3. The van der Waals surface area contributed by atoms with Crippen molar-refractivity contribution in [2.45, 2.75) is 26.7 Å². The van der Waals surface area contributed by atoms with Crippen LogP contribution in [0.4, 0.5) is 0 Å². The van der Waals surface area contributed by atoms with Crippen molar-refractivity contribution < 1.29 is 4.79 Å². The van der Waals surface area contributed by atoms with E-state index in [4.69, 9.17) is 0 Å². The van der Waals surface area contributed by atoms with Crippen LogP contribution >= 0.6 is 0 Å². The highest BCUT2D eigenvalue weighted by Crippen LogP contribution is 2.12. The van der Waals surface area contributed by atoms with Gasteiger partial charge in [0.1, 0.15) is 6.29 Å². The summed E-state index contributed by atoms with van der Waals surface area (Å²) < 4.78 is 0. The van der Waals surface area contributed by atoms with Gasteiger partial charge in [0.15, 0.2) is 0 Å². The summed E-state index contributed by atoms with van der Waals surface area (Å²) >= 11 is 0. The molecule has 0 heterocycles. The molecular formula is C9H19NO. The fourth-order valence-corrected chi connectivity index (χ4v) is 1.35. The predicted octanol–water partition coefficient (Wildman–Crippen LogP) is 1.46. The molecule has 0 fully saturated rings. The second-order valence-electron chi connectivity index (χ2n) is 3.46. The number of rotatable bonds is 6. The van der Waals surface area contributed by atoms with Crippen LogP contribution in [0.25, 0.3) is 0 Å². The van der Waals surface area contributed by atoms with Crippen molar-refractivity contribution >= 4 is 6.29 Å². The lowest BCUT2D eigenvalue weighted by molar-refractivity contribution is -0.108. The van der Waals surface area contributed by atoms with E-state index in [0.717, 1.165) is 19.3 Å². The molecule has 1 N–H and O–H groups in total. The summed E-state index contributed by atoms with van der Waals surface area (Å²) in [4.78, 5) is 10.2. The molecule has 2 nitrogen and oxygen atoms in total. The van der Waals surface area contributed by atoms with Gasteiger partial charge in [-0.15, -0.1) is 0 Å². The summed E-state index contributed by atoms with van der Waals surface area (Å²) in [6.07, 6.45) is 2.85. The molecule has 0 rings (SSSR count). The van der Waals surface area contributed by atoms with Crippen LogP contribution in [-0.2, 0) is 4.79 Å². The zero-order chi connectivity index (χ0) is 8.69. The Balaban J connectivity index is 3.58. The topological polar surface area (TPSA) is 29.1 Å². The van der Waals surface area contributed by atoms with E-state index in [-0.39, 0.29) is 0 Å². The van der Waals surface area contributed by atoms with Crippen LogP contribution in [0.5, 0.6) is 0 Å². The summed E-state index contributed by atoms with van der Waals surface area (Å²) in [5, 5.41) is 3.10. The average molecular weight is 157 g/mol. The van der Waals surface area contributed by atoms with Crippen molar-refractivity contribution in [3.8, 4) is 0 Å². The third kappa shape index (κ3) is 6.05. The van der Waals surface area contributed by atoms with Gasteiger partial charge in [0.25, 0.3) is 0 Å². The monoisotopic (exact) mass is 157 g/mol. The Morgan fingerprint density at radius 2 is 2.09 bits per heavy atom. The van der Waals surface area contributed by atoms with Gasteiger partial charge >= 0.3 is 0 Å². The zero-order valence-electron chi connectivity index (χ0n) is 7.76. The second-order valence-corrected chi connectivity index (χ2v) is 3.46. The van der Waals surface area contributed by atoms with E-state index < -0.39 is 0 Å². The van der Waals surface area contributed by atoms with Crippen LogP contribution in [-0.4, -0.2) is 19.9 Å². The Labute approximate surface area is 69.4 Å². The molecule has 0 aliphatic heterocycles. The summed E-state index contributed by atoms with van der Waals surface area (Å²) in [6, 6.07) is 0. The van der Waals surface area contributed by atoms with E-state index in [9.17, 15) is 4.79 Å². The van der Waals surface area contributed by atoms with E-state index in [0.29, 0.717) is 18.3 Å². The summed E-state index contributed by atoms with van der Waals surface area (Å²) in [7, 11) is 1.93. The molecule has 0 saturated carbocycles. The molecule has 1 atom stereocenters. The number of hydrogen-bond acceptors (Lipinski definition) is 2. The van der Waals surface area contributed by atoms with E-state index in [1.54, 1.807) is 0 Å². The van der Waals surface area contributed by atoms with Gasteiger partial charge in [-0.05, 0) is 31.8 Å². The Morgan fingerprint density at radius 1 is 1.45 bits per heavy atom. The first-order valence-corrected chi connectivity index (χ1v) is 4.29. The van der Waals surface area contributed by atoms with E-state index >= 15 is 0 Å². The van der Waals surface area contributed by atoms with Crippen LogP contribution < -0.4 is 5.32 Å². The highest BCUT2D eigenvalue weighted by molar-refractivity contribution is 5.49. The van der Waals surface area contributed by atoms with Crippen LogP contribution in [0.1, 0.15) is 26.7 Å². The van der Waals surface area contributed by atoms with Crippen LogP contribution in [0, 0.1) is 11.8 Å².